The monoisotopic (exact) mass is 452 g/mol. The highest BCUT2D eigenvalue weighted by atomic mass is 32.2. The lowest BCUT2D eigenvalue weighted by atomic mass is 10.3. The first-order valence-corrected chi connectivity index (χ1v) is 9.63. The summed E-state index contributed by atoms with van der Waals surface area (Å²) in [6.45, 7) is 0.804. The van der Waals surface area contributed by atoms with E-state index in [2.05, 4.69) is 15.0 Å². The number of imidazole rings is 1. The normalized spacial score (nSPS) is 12.8. The van der Waals surface area contributed by atoms with E-state index in [4.69, 9.17) is 4.74 Å². The van der Waals surface area contributed by atoms with E-state index < -0.39 is 35.7 Å². The Kier molecular flexibility index (Phi) is 7.08. The van der Waals surface area contributed by atoms with E-state index in [-0.39, 0.29) is 38.9 Å². The van der Waals surface area contributed by atoms with Crippen molar-refractivity contribution in [3.8, 4) is 17.3 Å². The maximum atomic E-state index is 12.9. The molecule has 0 spiro atoms. The van der Waals surface area contributed by atoms with Crippen LogP contribution in [0.1, 0.15) is 12.6 Å². The highest BCUT2D eigenvalue weighted by molar-refractivity contribution is 7.85. The number of aryl methyl sites for hydroxylation is 1. The van der Waals surface area contributed by atoms with Crippen LogP contribution in [-0.2, 0) is 24.0 Å². The third-order valence-electron chi connectivity index (χ3n) is 3.98. The number of rotatable bonds is 6. The molecule has 0 fully saturated rings. The van der Waals surface area contributed by atoms with Crippen LogP contribution in [0.25, 0.3) is 22.6 Å². The molecule has 0 aliphatic rings. The van der Waals surface area contributed by atoms with Crippen molar-refractivity contribution in [2.24, 2.45) is 7.05 Å². The first-order chi connectivity index (χ1) is 13.6. The molecular formula is C17H17F5N4O3S. The zero-order chi connectivity index (χ0) is 21.3. The van der Waals surface area contributed by atoms with Crippen LogP contribution in [-0.4, -0.2) is 48.0 Å². The lowest BCUT2D eigenvalue weighted by Crippen LogP contribution is -2.09. The number of pyridine rings is 2. The van der Waals surface area contributed by atoms with Gasteiger partial charge in [-0.3, -0.25) is 4.21 Å². The lowest BCUT2D eigenvalue weighted by Gasteiger charge is -2.11. The van der Waals surface area contributed by atoms with Crippen molar-refractivity contribution in [3.05, 3.63) is 30.2 Å². The lowest BCUT2D eigenvalue weighted by molar-refractivity contribution is -0.141. The molecule has 0 bridgehead atoms. The van der Waals surface area contributed by atoms with Gasteiger partial charge in [-0.15, -0.1) is 0 Å². The molecule has 0 saturated carbocycles. The Morgan fingerprint density at radius 3 is 2.50 bits per heavy atom. The topological polar surface area (TPSA) is 101 Å². The first-order valence-electron chi connectivity index (χ1n) is 8.31. The zero-order valence-corrected chi connectivity index (χ0v) is 16.5. The maximum Gasteiger partial charge on any atom is 0.433 e. The van der Waals surface area contributed by atoms with Gasteiger partial charge in [-0.1, -0.05) is 6.92 Å². The van der Waals surface area contributed by atoms with E-state index in [0.29, 0.717) is 5.52 Å². The number of halogens is 5. The van der Waals surface area contributed by atoms with Gasteiger partial charge >= 0.3 is 6.18 Å². The van der Waals surface area contributed by atoms with Crippen molar-refractivity contribution in [2.45, 2.75) is 24.4 Å². The van der Waals surface area contributed by atoms with Gasteiger partial charge in [-0.25, -0.2) is 23.7 Å². The second kappa shape index (κ2) is 9.00. The predicted octanol–water partition coefficient (Wildman–Crippen LogP) is 3.00. The zero-order valence-electron chi connectivity index (χ0n) is 15.7. The molecule has 0 radical (unpaired) electrons. The number of hydrogen-bond donors (Lipinski definition) is 0. The second-order valence-electron chi connectivity index (χ2n) is 5.90. The number of ether oxygens (including phenoxy) is 1. The van der Waals surface area contributed by atoms with E-state index in [1.165, 1.54) is 16.8 Å². The summed E-state index contributed by atoms with van der Waals surface area (Å²) in [4.78, 5) is 11.9. The third-order valence-corrected chi connectivity index (χ3v) is 5.31. The molecule has 7 nitrogen and oxygen atoms in total. The summed E-state index contributed by atoms with van der Waals surface area (Å²) in [5, 5.41) is 0. The fourth-order valence-corrected chi connectivity index (χ4v) is 3.54. The molecule has 13 heteroatoms. The highest BCUT2D eigenvalue weighted by Crippen LogP contribution is 2.32. The van der Waals surface area contributed by atoms with Crippen LogP contribution >= 0.6 is 0 Å². The predicted molar refractivity (Wildman–Crippen MR) is 98.8 cm³/mol. The summed E-state index contributed by atoms with van der Waals surface area (Å²) >= 11 is 0. The van der Waals surface area contributed by atoms with E-state index >= 15 is 0 Å². The van der Waals surface area contributed by atoms with Crippen LogP contribution in [0.3, 0.4) is 0 Å². The minimum Gasteiger partial charge on any atom is -0.486 e. The van der Waals surface area contributed by atoms with Crippen LogP contribution in [0, 0.1) is 0 Å². The van der Waals surface area contributed by atoms with Gasteiger partial charge in [-0.2, -0.15) is 13.2 Å². The Morgan fingerprint density at radius 1 is 1.20 bits per heavy atom. The number of nitrogens with zero attached hydrogens (tertiary/aromatic N) is 4. The molecule has 2 N–H and O–H groups in total. The van der Waals surface area contributed by atoms with E-state index in [1.807, 2.05) is 0 Å². The van der Waals surface area contributed by atoms with Gasteiger partial charge in [0, 0.05) is 18.9 Å². The van der Waals surface area contributed by atoms with Gasteiger partial charge in [0.15, 0.2) is 5.82 Å². The Balaban J connectivity index is 0.00000320. The van der Waals surface area contributed by atoms with E-state index in [9.17, 15) is 26.2 Å². The van der Waals surface area contributed by atoms with Gasteiger partial charge in [0.2, 0.25) is 0 Å². The molecule has 3 rings (SSSR count). The van der Waals surface area contributed by atoms with E-state index in [0.717, 1.165) is 12.3 Å². The Bertz CT molecular complexity index is 1070. The molecule has 164 valence electrons. The summed E-state index contributed by atoms with van der Waals surface area (Å²) < 4.78 is 82.4. The summed E-state index contributed by atoms with van der Waals surface area (Å²) in [6, 6.07) is 2.14. The van der Waals surface area contributed by atoms with Crippen LogP contribution in [0.15, 0.2) is 29.4 Å². The minimum atomic E-state index is -4.62. The Hall–Kier alpha value is -2.67. The number of alkyl halides is 5. The number of fused-ring (bicyclic) bond motifs is 1. The van der Waals surface area contributed by atoms with E-state index in [1.54, 1.807) is 14.0 Å². The van der Waals surface area contributed by atoms with Crippen LogP contribution < -0.4 is 4.74 Å². The molecule has 0 saturated heterocycles. The molecule has 1 unspecified atom stereocenters. The molecule has 3 heterocycles. The molecule has 1 atom stereocenters. The summed E-state index contributed by atoms with van der Waals surface area (Å²) in [6.07, 6.45) is -5.09. The van der Waals surface area contributed by atoms with Crippen LogP contribution in [0.2, 0.25) is 0 Å². The van der Waals surface area contributed by atoms with Gasteiger partial charge in [-0.05, 0) is 6.07 Å². The Labute approximate surface area is 169 Å². The van der Waals surface area contributed by atoms with Crippen molar-refractivity contribution >= 4 is 21.8 Å². The fraction of sp³-hybridized carbons (Fsp3) is 0.353. The van der Waals surface area contributed by atoms with Gasteiger partial charge < -0.3 is 14.8 Å². The summed E-state index contributed by atoms with van der Waals surface area (Å²) in [5.41, 5.74) is -0.573. The first kappa shape index (κ1) is 23.6. The molecule has 3 aromatic heterocycles. The summed E-state index contributed by atoms with van der Waals surface area (Å²) in [5.74, 6) is 0.375. The minimum absolute atomic E-state index is 0. The smallest absolute Gasteiger partial charge is 0.433 e. The molecule has 0 aliphatic heterocycles. The fourth-order valence-electron chi connectivity index (χ4n) is 2.62. The molecular weight excluding hydrogens is 435 g/mol. The maximum absolute atomic E-state index is 12.9. The van der Waals surface area contributed by atoms with Crippen LogP contribution in [0.4, 0.5) is 22.0 Å². The van der Waals surface area contributed by atoms with Crippen molar-refractivity contribution in [1.29, 1.82) is 0 Å². The van der Waals surface area contributed by atoms with Crippen molar-refractivity contribution in [3.63, 3.8) is 0 Å². The second-order valence-corrected chi connectivity index (χ2v) is 7.61. The molecule has 30 heavy (non-hydrogen) atoms. The van der Waals surface area contributed by atoms with Crippen molar-refractivity contribution in [1.82, 2.24) is 19.5 Å². The van der Waals surface area contributed by atoms with Gasteiger partial charge in [0.05, 0.1) is 39.1 Å². The number of hydrogen-bond acceptors (Lipinski definition) is 5. The Morgan fingerprint density at radius 2 is 1.90 bits per heavy atom. The SMILES string of the molecule is CCS(=O)c1cc(OCC(F)F)cnc1-c1nc2cc(C(F)(F)F)ncc2n1C.O. The standard InChI is InChI=1S/C17H15F5N4O2S.H2O/c1-3-29(27)12-4-9(28-8-14(18)19)6-24-15(12)16-25-10-5-13(17(20,21)22)23-7-11(10)26(16)2;/h4-7,14H,3,8H2,1-2H3;1H2. The molecule has 0 aliphatic carbocycles. The number of aromatic nitrogens is 4. The average Bonchev–Trinajstić information content (AvgIpc) is 3.00. The van der Waals surface area contributed by atoms with Crippen LogP contribution in [0.5, 0.6) is 5.75 Å². The third kappa shape index (κ3) is 4.73. The van der Waals surface area contributed by atoms with Crippen molar-refractivity contribution in [2.75, 3.05) is 12.4 Å². The molecule has 0 aromatic carbocycles. The largest absolute Gasteiger partial charge is 0.486 e. The van der Waals surface area contributed by atoms with Gasteiger partial charge in [0.1, 0.15) is 23.7 Å². The van der Waals surface area contributed by atoms with Gasteiger partial charge in [0.25, 0.3) is 6.43 Å². The average molecular weight is 452 g/mol. The molecule has 3 aromatic rings. The van der Waals surface area contributed by atoms with Crippen molar-refractivity contribution < 1.29 is 36.4 Å². The highest BCUT2D eigenvalue weighted by Gasteiger charge is 2.33. The molecule has 0 amide bonds. The summed E-state index contributed by atoms with van der Waals surface area (Å²) in [7, 11) is 0.00235. The quantitative estimate of drug-likeness (QED) is 0.535.